The molecular weight excluding hydrogens is 232 g/mol. The van der Waals surface area contributed by atoms with Gasteiger partial charge in [-0.15, -0.1) is 0 Å². The number of nitrogens with one attached hydrogen (secondary N) is 1. The SMILES string of the molecule is CC1CCCC1CNc1ccc(Cl)cc1C#N. The van der Waals surface area contributed by atoms with E-state index in [4.69, 9.17) is 16.9 Å². The number of rotatable bonds is 3. The van der Waals surface area contributed by atoms with Gasteiger partial charge in [-0.05, 0) is 36.5 Å². The smallest absolute Gasteiger partial charge is 0.101 e. The van der Waals surface area contributed by atoms with Gasteiger partial charge in [-0.1, -0.05) is 31.4 Å². The highest BCUT2D eigenvalue weighted by Crippen LogP contribution is 2.31. The summed E-state index contributed by atoms with van der Waals surface area (Å²) in [5, 5.41) is 13.0. The Morgan fingerprint density at radius 2 is 2.29 bits per heavy atom. The van der Waals surface area contributed by atoms with Crippen LogP contribution in [-0.2, 0) is 0 Å². The van der Waals surface area contributed by atoms with Gasteiger partial charge in [0.1, 0.15) is 6.07 Å². The summed E-state index contributed by atoms with van der Waals surface area (Å²) < 4.78 is 0. The van der Waals surface area contributed by atoms with E-state index in [2.05, 4.69) is 18.3 Å². The molecule has 1 saturated carbocycles. The van der Waals surface area contributed by atoms with Gasteiger partial charge in [-0.3, -0.25) is 0 Å². The van der Waals surface area contributed by atoms with Crippen LogP contribution in [0.3, 0.4) is 0 Å². The zero-order chi connectivity index (χ0) is 12.3. The lowest BCUT2D eigenvalue weighted by Crippen LogP contribution is -2.16. The number of hydrogen-bond acceptors (Lipinski definition) is 2. The van der Waals surface area contributed by atoms with E-state index in [1.807, 2.05) is 12.1 Å². The number of hydrogen-bond donors (Lipinski definition) is 1. The van der Waals surface area contributed by atoms with E-state index >= 15 is 0 Å². The minimum absolute atomic E-state index is 0.612. The highest BCUT2D eigenvalue weighted by molar-refractivity contribution is 6.30. The van der Waals surface area contributed by atoms with Crippen molar-refractivity contribution in [2.24, 2.45) is 11.8 Å². The molecule has 1 aliphatic rings. The van der Waals surface area contributed by atoms with Crippen molar-refractivity contribution < 1.29 is 0 Å². The minimum atomic E-state index is 0.612. The van der Waals surface area contributed by atoms with Gasteiger partial charge in [0, 0.05) is 11.6 Å². The van der Waals surface area contributed by atoms with Crippen molar-refractivity contribution >= 4 is 17.3 Å². The van der Waals surface area contributed by atoms with Gasteiger partial charge >= 0.3 is 0 Å². The molecule has 1 aromatic rings. The number of halogens is 1. The predicted molar refractivity (Wildman–Crippen MR) is 71.2 cm³/mol. The first-order chi connectivity index (χ1) is 8.20. The summed E-state index contributed by atoms with van der Waals surface area (Å²) >= 11 is 5.87. The first-order valence-corrected chi connectivity index (χ1v) is 6.52. The molecule has 1 aromatic carbocycles. The molecule has 0 heterocycles. The summed E-state index contributed by atoms with van der Waals surface area (Å²) in [6.07, 6.45) is 3.96. The molecule has 2 nitrogen and oxygen atoms in total. The van der Waals surface area contributed by atoms with Crippen LogP contribution >= 0.6 is 11.6 Å². The molecule has 3 heteroatoms. The third-order valence-electron chi connectivity index (χ3n) is 3.70. The summed E-state index contributed by atoms with van der Waals surface area (Å²) in [5.41, 5.74) is 1.53. The quantitative estimate of drug-likeness (QED) is 0.876. The zero-order valence-corrected chi connectivity index (χ0v) is 10.8. The first kappa shape index (κ1) is 12.3. The Morgan fingerprint density at radius 1 is 1.47 bits per heavy atom. The second kappa shape index (κ2) is 5.42. The Balaban J connectivity index is 2.01. The third kappa shape index (κ3) is 2.92. The Morgan fingerprint density at radius 3 is 2.94 bits per heavy atom. The van der Waals surface area contributed by atoms with Crippen LogP contribution in [-0.4, -0.2) is 6.54 Å². The van der Waals surface area contributed by atoms with Crippen LogP contribution in [0.1, 0.15) is 31.7 Å². The fourth-order valence-corrected chi connectivity index (χ4v) is 2.70. The van der Waals surface area contributed by atoms with Crippen molar-refractivity contribution in [3.8, 4) is 6.07 Å². The normalized spacial score (nSPS) is 23.4. The van der Waals surface area contributed by atoms with E-state index in [1.165, 1.54) is 19.3 Å². The second-order valence-electron chi connectivity index (χ2n) is 4.85. The van der Waals surface area contributed by atoms with Crippen molar-refractivity contribution in [1.82, 2.24) is 0 Å². The highest BCUT2D eigenvalue weighted by Gasteiger charge is 2.22. The van der Waals surface area contributed by atoms with Crippen LogP contribution in [0.15, 0.2) is 18.2 Å². The van der Waals surface area contributed by atoms with Crippen LogP contribution in [0.25, 0.3) is 0 Å². The Hall–Kier alpha value is -1.20. The standard InChI is InChI=1S/C14H17ClN2/c1-10-3-2-4-11(10)9-17-14-6-5-13(15)7-12(14)8-16/h5-7,10-11,17H,2-4,9H2,1H3. The molecule has 1 N–H and O–H groups in total. The monoisotopic (exact) mass is 248 g/mol. The van der Waals surface area contributed by atoms with E-state index in [-0.39, 0.29) is 0 Å². The van der Waals surface area contributed by atoms with Crippen LogP contribution < -0.4 is 5.32 Å². The highest BCUT2D eigenvalue weighted by atomic mass is 35.5. The van der Waals surface area contributed by atoms with E-state index in [1.54, 1.807) is 6.07 Å². The average Bonchev–Trinajstić information content (AvgIpc) is 2.73. The van der Waals surface area contributed by atoms with Crippen molar-refractivity contribution in [3.05, 3.63) is 28.8 Å². The maximum absolute atomic E-state index is 9.04. The van der Waals surface area contributed by atoms with Crippen molar-refractivity contribution in [3.63, 3.8) is 0 Å². The van der Waals surface area contributed by atoms with Gasteiger partial charge in [0.05, 0.1) is 11.3 Å². The topological polar surface area (TPSA) is 35.8 Å². The molecule has 2 unspecified atom stereocenters. The predicted octanol–water partition coefficient (Wildman–Crippen LogP) is 4.06. The first-order valence-electron chi connectivity index (χ1n) is 6.14. The average molecular weight is 249 g/mol. The third-order valence-corrected chi connectivity index (χ3v) is 3.93. The van der Waals surface area contributed by atoms with Gasteiger partial charge in [0.2, 0.25) is 0 Å². The summed E-state index contributed by atoms with van der Waals surface area (Å²) in [6, 6.07) is 7.60. The lowest BCUT2D eigenvalue weighted by molar-refractivity contribution is 0.439. The number of nitriles is 1. The molecule has 0 spiro atoms. The fourth-order valence-electron chi connectivity index (χ4n) is 2.53. The second-order valence-corrected chi connectivity index (χ2v) is 5.29. The molecule has 0 radical (unpaired) electrons. The molecule has 1 fully saturated rings. The summed E-state index contributed by atoms with van der Waals surface area (Å²) in [7, 11) is 0. The van der Waals surface area contributed by atoms with Crippen LogP contribution in [0.4, 0.5) is 5.69 Å². The summed E-state index contributed by atoms with van der Waals surface area (Å²) in [5.74, 6) is 1.53. The van der Waals surface area contributed by atoms with E-state index in [0.717, 1.165) is 24.1 Å². The van der Waals surface area contributed by atoms with E-state index < -0.39 is 0 Å². The fraction of sp³-hybridized carbons (Fsp3) is 0.500. The molecular formula is C14H17ClN2. The van der Waals surface area contributed by atoms with Crippen molar-refractivity contribution in [1.29, 1.82) is 5.26 Å². The van der Waals surface area contributed by atoms with Crippen LogP contribution in [0.5, 0.6) is 0 Å². The molecule has 2 rings (SSSR count). The lowest BCUT2D eigenvalue weighted by Gasteiger charge is -2.17. The van der Waals surface area contributed by atoms with Gasteiger partial charge in [-0.2, -0.15) is 5.26 Å². The Labute approximate surface area is 108 Å². The maximum Gasteiger partial charge on any atom is 0.101 e. The zero-order valence-electron chi connectivity index (χ0n) is 10.0. The number of anilines is 1. The van der Waals surface area contributed by atoms with Crippen LogP contribution in [0, 0.1) is 23.2 Å². The Kier molecular flexibility index (Phi) is 3.91. The van der Waals surface area contributed by atoms with Gasteiger partial charge in [-0.25, -0.2) is 0 Å². The maximum atomic E-state index is 9.04. The molecule has 1 aliphatic carbocycles. The minimum Gasteiger partial charge on any atom is -0.384 e. The summed E-state index contributed by atoms with van der Waals surface area (Å²) in [4.78, 5) is 0. The number of benzene rings is 1. The molecule has 0 amide bonds. The lowest BCUT2D eigenvalue weighted by atomic mass is 9.98. The molecule has 0 bridgehead atoms. The molecule has 17 heavy (non-hydrogen) atoms. The molecule has 2 atom stereocenters. The van der Waals surface area contributed by atoms with Crippen molar-refractivity contribution in [2.75, 3.05) is 11.9 Å². The van der Waals surface area contributed by atoms with Gasteiger partial charge in [0.15, 0.2) is 0 Å². The van der Waals surface area contributed by atoms with E-state index in [0.29, 0.717) is 10.6 Å². The van der Waals surface area contributed by atoms with Crippen LogP contribution in [0.2, 0.25) is 5.02 Å². The largest absolute Gasteiger partial charge is 0.384 e. The van der Waals surface area contributed by atoms with Gasteiger partial charge in [0.25, 0.3) is 0 Å². The molecule has 0 aliphatic heterocycles. The van der Waals surface area contributed by atoms with Gasteiger partial charge < -0.3 is 5.32 Å². The number of nitrogens with zero attached hydrogens (tertiary/aromatic N) is 1. The summed E-state index contributed by atoms with van der Waals surface area (Å²) in [6.45, 7) is 3.27. The van der Waals surface area contributed by atoms with E-state index in [9.17, 15) is 0 Å². The molecule has 0 saturated heterocycles. The Bertz CT molecular complexity index is 436. The van der Waals surface area contributed by atoms with Crippen molar-refractivity contribution in [2.45, 2.75) is 26.2 Å². The molecule has 90 valence electrons. The molecule has 0 aromatic heterocycles.